The number of ether oxygens (including phenoxy) is 2. The molecule has 1 aromatic carbocycles. The van der Waals surface area contributed by atoms with Crippen LogP contribution in [0.5, 0.6) is 5.75 Å². The van der Waals surface area contributed by atoms with Crippen LogP contribution in [0, 0.1) is 0 Å². The number of hydrogen-bond acceptors (Lipinski definition) is 4. The Morgan fingerprint density at radius 3 is 2.69 bits per heavy atom. The maximum atomic E-state index is 9.64. The van der Waals surface area contributed by atoms with E-state index in [0.717, 1.165) is 0 Å². The van der Waals surface area contributed by atoms with Crippen molar-refractivity contribution in [1.29, 1.82) is 0 Å². The van der Waals surface area contributed by atoms with Gasteiger partial charge >= 0.3 is 0 Å². The predicted molar refractivity (Wildman–Crippen MR) is 60.1 cm³/mol. The van der Waals surface area contributed by atoms with Gasteiger partial charge in [0, 0.05) is 12.2 Å². The molecule has 0 aliphatic rings. The molecule has 0 radical (unpaired) electrons. The maximum Gasteiger partial charge on any atom is 0.189 e. The minimum atomic E-state index is -0.681. The second-order valence-corrected chi connectivity index (χ2v) is 3.42. The molecule has 0 bridgehead atoms. The van der Waals surface area contributed by atoms with E-state index in [1.54, 1.807) is 25.1 Å². The van der Waals surface area contributed by atoms with E-state index in [4.69, 9.17) is 14.6 Å². The lowest BCUT2D eigenvalue weighted by atomic mass is 10.0. The summed E-state index contributed by atoms with van der Waals surface area (Å²) in [6.45, 7) is 4.12. The van der Waals surface area contributed by atoms with Crippen molar-refractivity contribution in [2.24, 2.45) is 0 Å². The Morgan fingerprint density at radius 1 is 1.38 bits per heavy atom. The van der Waals surface area contributed by atoms with Gasteiger partial charge in [-0.3, -0.25) is 0 Å². The zero-order chi connectivity index (χ0) is 12.0. The molecule has 90 valence electrons. The number of aliphatic hydroxyl groups is 2. The van der Waals surface area contributed by atoms with Gasteiger partial charge in [0.05, 0.1) is 12.7 Å². The molecule has 16 heavy (non-hydrogen) atoms. The van der Waals surface area contributed by atoms with Crippen molar-refractivity contribution < 1.29 is 19.7 Å². The van der Waals surface area contributed by atoms with Gasteiger partial charge < -0.3 is 19.7 Å². The summed E-state index contributed by atoms with van der Waals surface area (Å²) >= 11 is 0. The van der Waals surface area contributed by atoms with Crippen LogP contribution in [0.4, 0.5) is 0 Å². The highest BCUT2D eigenvalue weighted by Crippen LogP contribution is 2.28. The highest BCUT2D eigenvalue weighted by atomic mass is 16.7. The van der Waals surface area contributed by atoms with Crippen molar-refractivity contribution in [3.63, 3.8) is 0 Å². The molecule has 1 unspecified atom stereocenters. The van der Waals surface area contributed by atoms with Gasteiger partial charge in [-0.2, -0.15) is 0 Å². The molecular formula is C12H18O4. The third-order valence-corrected chi connectivity index (χ3v) is 2.25. The highest BCUT2D eigenvalue weighted by Gasteiger charge is 2.13. The smallest absolute Gasteiger partial charge is 0.189 e. The van der Waals surface area contributed by atoms with Crippen LogP contribution in [0.1, 0.15) is 31.1 Å². The molecule has 0 fully saturated rings. The zero-order valence-electron chi connectivity index (χ0n) is 9.64. The molecule has 4 heteroatoms. The van der Waals surface area contributed by atoms with Crippen molar-refractivity contribution in [2.45, 2.75) is 26.6 Å². The Kier molecular flexibility index (Phi) is 5.25. The van der Waals surface area contributed by atoms with Crippen LogP contribution < -0.4 is 4.74 Å². The third kappa shape index (κ3) is 3.20. The van der Waals surface area contributed by atoms with Gasteiger partial charge in [-0.1, -0.05) is 12.1 Å². The second-order valence-electron chi connectivity index (χ2n) is 3.42. The van der Waals surface area contributed by atoms with E-state index in [2.05, 4.69) is 0 Å². The summed E-state index contributed by atoms with van der Waals surface area (Å²) in [6.07, 6.45) is -0.681. The van der Waals surface area contributed by atoms with Crippen molar-refractivity contribution in [3.8, 4) is 5.75 Å². The quantitative estimate of drug-likeness (QED) is 0.571. The van der Waals surface area contributed by atoms with Gasteiger partial charge in [0.15, 0.2) is 6.79 Å². The Morgan fingerprint density at radius 2 is 2.12 bits per heavy atom. The first-order chi connectivity index (χ1) is 7.70. The van der Waals surface area contributed by atoms with Crippen molar-refractivity contribution in [2.75, 3.05) is 13.4 Å². The van der Waals surface area contributed by atoms with Gasteiger partial charge in [-0.05, 0) is 25.5 Å². The normalized spacial score (nSPS) is 12.5. The molecule has 0 saturated heterocycles. The predicted octanol–water partition coefficient (Wildman–Crippen LogP) is 1.60. The first-order valence-electron chi connectivity index (χ1n) is 5.32. The summed E-state index contributed by atoms with van der Waals surface area (Å²) in [5.74, 6) is 0.551. The van der Waals surface area contributed by atoms with E-state index in [9.17, 15) is 5.11 Å². The molecule has 1 rings (SSSR count). The van der Waals surface area contributed by atoms with Crippen LogP contribution in [0.15, 0.2) is 18.2 Å². The number of aliphatic hydroxyl groups excluding tert-OH is 2. The Bertz CT molecular complexity index is 323. The van der Waals surface area contributed by atoms with E-state index in [1.807, 2.05) is 6.92 Å². The largest absolute Gasteiger partial charge is 0.467 e. The summed E-state index contributed by atoms with van der Waals surface area (Å²) in [4.78, 5) is 0. The van der Waals surface area contributed by atoms with Gasteiger partial charge in [0.25, 0.3) is 0 Å². The summed E-state index contributed by atoms with van der Waals surface area (Å²) in [7, 11) is 0. The minimum Gasteiger partial charge on any atom is -0.467 e. The van der Waals surface area contributed by atoms with Crippen LogP contribution in [0.25, 0.3) is 0 Å². The topological polar surface area (TPSA) is 58.9 Å². The molecule has 0 aliphatic heterocycles. The first kappa shape index (κ1) is 13.0. The van der Waals surface area contributed by atoms with Crippen LogP contribution in [0.2, 0.25) is 0 Å². The van der Waals surface area contributed by atoms with Gasteiger partial charge in [0.1, 0.15) is 5.75 Å². The number of hydrogen-bond donors (Lipinski definition) is 2. The van der Waals surface area contributed by atoms with Gasteiger partial charge in [-0.25, -0.2) is 0 Å². The van der Waals surface area contributed by atoms with Crippen LogP contribution in [-0.4, -0.2) is 23.6 Å². The Hall–Kier alpha value is -1.10. The van der Waals surface area contributed by atoms with E-state index < -0.39 is 6.10 Å². The highest BCUT2D eigenvalue weighted by molar-refractivity contribution is 5.41. The molecule has 0 amide bonds. The maximum absolute atomic E-state index is 9.64. The Labute approximate surface area is 95.4 Å². The summed E-state index contributed by atoms with van der Waals surface area (Å²) < 4.78 is 10.5. The van der Waals surface area contributed by atoms with Gasteiger partial charge in [0.2, 0.25) is 0 Å². The second kappa shape index (κ2) is 6.48. The minimum absolute atomic E-state index is 0.119. The third-order valence-electron chi connectivity index (χ3n) is 2.25. The van der Waals surface area contributed by atoms with E-state index in [-0.39, 0.29) is 13.4 Å². The van der Waals surface area contributed by atoms with Crippen molar-refractivity contribution in [1.82, 2.24) is 0 Å². The number of benzene rings is 1. The average molecular weight is 226 g/mol. The zero-order valence-corrected chi connectivity index (χ0v) is 9.64. The molecule has 2 N–H and O–H groups in total. The van der Waals surface area contributed by atoms with E-state index in [1.165, 1.54) is 0 Å². The number of rotatable bonds is 6. The van der Waals surface area contributed by atoms with Crippen molar-refractivity contribution in [3.05, 3.63) is 29.3 Å². The van der Waals surface area contributed by atoms with Crippen molar-refractivity contribution >= 4 is 0 Å². The summed E-state index contributed by atoms with van der Waals surface area (Å²) in [6, 6.07) is 5.29. The molecular weight excluding hydrogens is 208 g/mol. The van der Waals surface area contributed by atoms with E-state index in [0.29, 0.717) is 23.5 Å². The molecule has 1 atom stereocenters. The molecule has 4 nitrogen and oxygen atoms in total. The summed E-state index contributed by atoms with van der Waals surface area (Å²) in [5, 5.41) is 18.8. The monoisotopic (exact) mass is 226 g/mol. The van der Waals surface area contributed by atoms with Crippen LogP contribution >= 0.6 is 0 Å². The fourth-order valence-electron chi connectivity index (χ4n) is 1.52. The fraction of sp³-hybridized carbons (Fsp3) is 0.500. The molecule has 0 saturated carbocycles. The lowest BCUT2D eigenvalue weighted by Crippen LogP contribution is -2.07. The molecule has 0 aromatic heterocycles. The van der Waals surface area contributed by atoms with Crippen LogP contribution in [0.3, 0.4) is 0 Å². The molecule has 0 heterocycles. The first-order valence-corrected chi connectivity index (χ1v) is 5.32. The SMILES string of the molecule is CCOCOc1cccc(CO)c1C(C)O. The standard InChI is InChI=1S/C12H18O4/c1-3-15-8-16-11-6-4-5-10(7-13)12(11)9(2)14/h4-6,9,13-14H,3,7-8H2,1-2H3. The van der Waals surface area contributed by atoms with Gasteiger partial charge in [-0.15, -0.1) is 0 Å². The Balaban J connectivity index is 2.89. The van der Waals surface area contributed by atoms with E-state index >= 15 is 0 Å². The van der Waals surface area contributed by atoms with Crippen LogP contribution in [-0.2, 0) is 11.3 Å². The lowest BCUT2D eigenvalue weighted by Gasteiger charge is -2.16. The lowest BCUT2D eigenvalue weighted by molar-refractivity contribution is 0.0203. The molecule has 0 aliphatic carbocycles. The fourth-order valence-corrected chi connectivity index (χ4v) is 1.52. The molecule has 1 aromatic rings. The average Bonchev–Trinajstić information content (AvgIpc) is 2.28. The molecule has 0 spiro atoms. The summed E-state index contributed by atoms with van der Waals surface area (Å²) in [5.41, 5.74) is 1.29.